The number of halogens is 1. The monoisotopic (exact) mass is 293 g/mol. The highest BCUT2D eigenvalue weighted by Gasteiger charge is 2.05. The Labute approximate surface area is 124 Å². The van der Waals surface area contributed by atoms with Gasteiger partial charge in [0.25, 0.3) is 0 Å². The Morgan fingerprint density at radius 2 is 2.05 bits per heavy atom. The van der Waals surface area contributed by atoms with Gasteiger partial charge in [0.1, 0.15) is 0 Å². The first-order valence-corrected chi connectivity index (χ1v) is 7.17. The van der Waals surface area contributed by atoms with E-state index < -0.39 is 0 Å². The molecule has 0 bridgehead atoms. The zero-order valence-electron chi connectivity index (χ0n) is 11.9. The average molecular weight is 294 g/mol. The van der Waals surface area contributed by atoms with Crippen molar-refractivity contribution in [2.45, 2.75) is 19.9 Å². The van der Waals surface area contributed by atoms with Gasteiger partial charge in [0.15, 0.2) is 0 Å². The van der Waals surface area contributed by atoms with Gasteiger partial charge in [-0.25, -0.2) is 4.68 Å². The molecule has 0 spiro atoms. The Kier molecular flexibility index (Phi) is 5.44. The summed E-state index contributed by atoms with van der Waals surface area (Å²) in [5, 5.41) is 8.59. The van der Waals surface area contributed by atoms with E-state index >= 15 is 0 Å². The molecule has 1 aromatic carbocycles. The molecule has 108 valence electrons. The fourth-order valence-electron chi connectivity index (χ4n) is 1.96. The van der Waals surface area contributed by atoms with E-state index in [-0.39, 0.29) is 0 Å². The molecule has 1 N–H and O–H groups in total. The van der Waals surface area contributed by atoms with Crippen molar-refractivity contribution in [3.05, 3.63) is 46.6 Å². The van der Waals surface area contributed by atoms with Gasteiger partial charge in [0.2, 0.25) is 5.88 Å². The summed E-state index contributed by atoms with van der Waals surface area (Å²) in [4.78, 5) is 0. The van der Waals surface area contributed by atoms with Gasteiger partial charge in [0, 0.05) is 37.6 Å². The average Bonchev–Trinajstić information content (AvgIpc) is 2.78. The van der Waals surface area contributed by atoms with Crippen LogP contribution in [0.1, 0.15) is 18.2 Å². The minimum Gasteiger partial charge on any atom is -0.478 e. The predicted octanol–water partition coefficient (Wildman–Crippen LogP) is 2.80. The molecule has 0 fully saturated rings. The third-order valence-corrected chi connectivity index (χ3v) is 3.23. The highest BCUT2D eigenvalue weighted by Crippen LogP contribution is 2.12. The van der Waals surface area contributed by atoms with Crippen LogP contribution >= 0.6 is 11.6 Å². The highest BCUT2D eigenvalue weighted by molar-refractivity contribution is 6.30. The van der Waals surface area contributed by atoms with E-state index in [0.29, 0.717) is 6.61 Å². The molecule has 0 radical (unpaired) electrons. The molecular weight excluding hydrogens is 274 g/mol. The smallest absolute Gasteiger partial charge is 0.211 e. The van der Waals surface area contributed by atoms with E-state index in [2.05, 4.69) is 10.4 Å². The van der Waals surface area contributed by atoms with Crippen molar-refractivity contribution in [1.29, 1.82) is 0 Å². The second-order valence-corrected chi connectivity index (χ2v) is 5.02. The summed E-state index contributed by atoms with van der Waals surface area (Å²) in [5.41, 5.74) is 2.27. The minimum absolute atomic E-state index is 0.661. The Hall–Kier alpha value is -1.52. The van der Waals surface area contributed by atoms with E-state index in [1.807, 2.05) is 44.3 Å². The summed E-state index contributed by atoms with van der Waals surface area (Å²) in [6.45, 7) is 4.35. The Morgan fingerprint density at radius 1 is 1.30 bits per heavy atom. The maximum Gasteiger partial charge on any atom is 0.211 e. The molecule has 0 atom stereocenters. The van der Waals surface area contributed by atoms with Gasteiger partial charge in [-0.1, -0.05) is 23.7 Å². The Morgan fingerprint density at radius 3 is 2.75 bits per heavy atom. The summed E-state index contributed by atoms with van der Waals surface area (Å²) in [5.74, 6) is 0.820. The minimum atomic E-state index is 0.661. The summed E-state index contributed by atoms with van der Waals surface area (Å²) in [6, 6.07) is 9.87. The topological polar surface area (TPSA) is 39.1 Å². The van der Waals surface area contributed by atoms with Crippen LogP contribution in [-0.4, -0.2) is 22.9 Å². The largest absolute Gasteiger partial charge is 0.478 e. The van der Waals surface area contributed by atoms with Gasteiger partial charge in [-0.15, -0.1) is 0 Å². The van der Waals surface area contributed by atoms with Crippen LogP contribution in [0.5, 0.6) is 5.88 Å². The van der Waals surface area contributed by atoms with E-state index in [1.165, 1.54) is 5.56 Å². The van der Waals surface area contributed by atoms with Crippen LogP contribution in [0.15, 0.2) is 30.3 Å². The van der Waals surface area contributed by atoms with Crippen molar-refractivity contribution in [2.75, 3.05) is 13.2 Å². The van der Waals surface area contributed by atoms with Gasteiger partial charge >= 0.3 is 0 Å². The maximum atomic E-state index is 5.85. The van der Waals surface area contributed by atoms with Crippen LogP contribution in [0.3, 0.4) is 0 Å². The highest BCUT2D eigenvalue weighted by atomic mass is 35.5. The van der Waals surface area contributed by atoms with E-state index in [1.54, 1.807) is 4.68 Å². The van der Waals surface area contributed by atoms with E-state index in [4.69, 9.17) is 16.3 Å². The number of rotatable bonds is 7. The third-order valence-electron chi connectivity index (χ3n) is 2.98. The number of hydrogen-bond acceptors (Lipinski definition) is 3. The maximum absolute atomic E-state index is 5.85. The molecule has 5 heteroatoms. The molecule has 4 nitrogen and oxygen atoms in total. The summed E-state index contributed by atoms with van der Waals surface area (Å²) in [6.07, 6.45) is 0.883. The molecule has 2 aromatic rings. The van der Waals surface area contributed by atoms with Gasteiger partial charge in [0.05, 0.1) is 12.3 Å². The number of aromatic nitrogens is 2. The van der Waals surface area contributed by atoms with Crippen molar-refractivity contribution in [2.24, 2.45) is 7.05 Å². The SMILES string of the molecule is CCOc1cc(CCNCc2ccc(Cl)cc2)nn1C. The molecule has 1 heterocycles. The lowest BCUT2D eigenvalue weighted by Gasteiger charge is -2.03. The van der Waals surface area contributed by atoms with Gasteiger partial charge in [-0.2, -0.15) is 5.10 Å². The van der Waals surface area contributed by atoms with Crippen molar-refractivity contribution in [1.82, 2.24) is 15.1 Å². The fraction of sp³-hybridized carbons (Fsp3) is 0.400. The van der Waals surface area contributed by atoms with Crippen LogP contribution in [0, 0.1) is 0 Å². The van der Waals surface area contributed by atoms with Crippen LogP contribution < -0.4 is 10.1 Å². The van der Waals surface area contributed by atoms with E-state index in [0.717, 1.165) is 36.1 Å². The number of nitrogens with zero attached hydrogens (tertiary/aromatic N) is 2. The van der Waals surface area contributed by atoms with Crippen molar-refractivity contribution in [3.63, 3.8) is 0 Å². The number of hydrogen-bond donors (Lipinski definition) is 1. The Bertz CT molecular complexity index is 537. The van der Waals surface area contributed by atoms with Gasteiger partial charge < -0.3 is 10.1 Å². The zero-order valence-corrected chi connectivity index (χ0v) is 12.7. The molecule has 0 aliphatic heterocycles. The molecule has 20 heavy (non-hydrogen) atoms. The Balaban J connectivity index is 1.75. The quantitative estimate of drug-likeness (QED) is 0.798. The molecule has 0 aliphatic rings. The molecule has 2 rings (SSSR count). The lowest BCUT2D eigenvalue weighted by Crippen LogP contribution is -2.16. The van der Waals surface area contributed by atoms with Crippen LogP contribution in [0.4, 0.5) is 0 Å². The number of benzene rings is 1. The van der Waals surface area contributed by atoms with Crippen molar-refractivity contribution < 1.29 is 4.74 Å². The fourth-order valence-corrected chi connectivity index (χ4v) is 2.09. The number of nitrogens with one attached hydrogen (secondary N) is 1. The lowest BCUT2D eigenvalue weighted by atomic mass is 10.2. The summed E-state index contributed by atoms with van der Waals surface area (Å²) in [7, 11) is 1.90. The third kappa shape index (κ3) is 4.25. The van der Waals surface area contributed by atoms with Crippen LogP contribution in [0.2, 0.25) is 5.02 Å². The first kappa shape index (κ1) is 14.9. The molecule has 0 aliphatic carbocycles. The molecule has 1 aromatic heterocycles. The summed E-state index contributed by atoms with van der Waals surface area (Å²) < 4.78 is 7.25. The number of ether oxygens (including phenoxy) is 1. The molecular formula is C15H20ClN3O. The van der Waals surface area contributed by atoms with Crippen molar-refractivity contribution in [3.8, 4) is 5.88 Å². The second kappa shape index (κ2) is 7.31. The molecule has 0 saturated carbocycles. The first-order valence-electron chi connectivity index (χ1n) is 6.80. The second-order valence-electron chi connectivity index (χ2n) is 4.58. The lowest BCUT2D eigenvalue weighted by molar-refractivity contribution is 0.309. The zero-order chi connectivity index (χ0) is 14.4. The van der Waals surface area contributed by atoms with Gasteiger partial charge in [-0.3, -0.25) is 0 Å². The molecule has 0 amide bonds. The molecule has 0 saturated heterocycles. The van der Waals surface area contributed by atoms with Crippen LogP contribution in [-0.2, 0) is 20.0 Å². The van der Waals surface area contributed by atoms with E-state index in [9.17, 15) is 0 Å². The van der Waals surface area contributed by atoms with Gasteiger partial charge in [-0.05, 0) is 24.6 Å². The molecule has 0 unspecified atom stereocenters. The van der Waals surface area contributed by atoms with Crippen LogP contribution in [0.25, 0.3) is 0 Å². The van der Waals surface area contributed by atoms with Crippen molar-refractivity contribution >= 4 is 11.6 Å². The normalized spacial score (nSPS) is 10.8. The number of aryl methyl sites for hydroxylation is 1. The first-order chi connectivity index (χ1) is 9.69. The summed E-state index contributed by atoms with van der Waals surface area (Å²) >= 11 is 5.85. The standard InChI is InChI=1S/C15H20ClN3O/c1-3-20-15-10-14(18-19(15)2)8-9-17-11-12-4-6-13(16)7-5-12/h4-7,10,17H,3,8-9,11H2,1-2H3. The predicted molar refractivity (Wildman–Crippen MR) is 81.2 cm³/mol.